The molecule has 0 unspecified atom stereocenters. The molecule has 0 aliphatic heterocycles. The van der Waals surface area contributed by atoms with Gasteiger partial charge in [0.25, 0.3) is 0 Å². The Hall–Kier alpha value is -0.350. The number of rotatable bonds is 1. The second kappa shape index (κ2) is 4.05. The molecule has 0 radical (unpaired) electrons. The van der Waals surface area contributed by atoms with E-state index in [1.165, 1.54) is 10.9 Å². The summed E-state index contributed by atoms with van der Waals surface area (Å²) in [4.78, 5) is 7.24. The van der Waals surface area contributed by atoms with E-state index in [0.717, 1.165) is 11.0 Å². The Labute approximate surface area is 89.3 Å². The topological polar surface area (TPSA) is 28.7 Å². The Morgan fingerprint density at radius 1 is 1.42 bits per heavy atom. The lowest BCUT2D eigenvalue weighted by molar-refractivity contribution is 1.30. The summed E-state index contributed by atoms with van der Waals surface area (Å²) in [5.74, 6) is 0. The quantitative estimate of drug-likeness (QED) is 0.804. The number of pyridine rings is 1. The summed E-state index contributed by atoms with van der Waals surface area (Å²) >= 11 is 3.42. The molecule has 0 fully saturated rings. The lowest BCUT2D eigenvalue weighted by atomic mass is 10.2. The van der Waals surface area contributed by atoms with E-state index in [2.05, 4.69) is 25.9 Å². The Balaban J connectivity index is 0.000000720. The van der Waals surface area contributed by atoms with Crippen molar-refractivity contribution in [1.82, 2.24) is 9.97 Å². The fourth-order valence-corrected chi connectivity index (χ4v) is 1.62. The summed E-state index contributed by atoms with van der Waals surface area (Å²) in [7, 11) is 0. The minimum Gasteiger partial charge on any atom is -0.346 e. The van der Waals surface area contributed by atoms with Crippen molar-refractivity contribution in [2.45, 2.75) is 5.33 Å². The van der Waals surface area contributed by atoms with Crippen LogP contribution in [-0.2, 0) is 5.33 Å². The first kappa shape index (κ1) is 9.74. The standard InChI is InChI=1S/C8H7BrN2.BrH/c9-5-6-1-3-10-8-7(6)2-4-11-8;/h1-4H,5H2,(H,10,11);1H. The molecule has 2 rings (SSSR count). The lowest BCUT2D eigenvalue weighted by Gasteiger charge is -1.95. The fourth-order valence-electron chi connectivity index (χ4n) is 1.13. The van der Waals surface area contributed by atoms with Gasteiger partial charge in [-0.3, -0.25) is 0 Å². The smallest absolute Gasteiger partial charge is 0.137 e. The zero-order valence-electron chi connectivity index (χ0n) is 6.25. The van der Waals surface area contributed by atoms with E-state index < -0.39 is 0 Å². The number of alkyl halides is 1. The largest absolute Gasteiger partial charge is 0.346 e. The van der Waals surface area contributed by atoms with E-state index in [-0.39, 0.29) is 17.0 Å². The lowest BCUT2D eigenvalue weighted by Crippen LogP contribution is -1.81. The first-order valence-electron chi connectivity index (χ1n) is 3.39. The van der Waals surface area contributed by atoms with Gasteiger partial charge in [-0.05, 0) is 17.7 Å². The number of fused-ring (bicyclic) bond motifs is 1. The van der Waals surface area contributed by atoms with Crippen molar-refractivity contribution < 1.29 is 0 Å². The highest BCUT2D eigenvalue weighted by Gasteiger charge is 1.99. The predicted octanol–water partition coefficient (Wildman–Crippen LogP) is 3.04. The van der Waals surface area contributed by atoms with Crippen LogP contribution in [0.2, 0.25) is 0 Å². The normalized spacial score (nSPS) is 9.75. The highest BCUT2D eigenvalue weighted by atomic mass is 79.9. The highest BCUT2D eigenvalue weighted by Crippen LogP contribution is 2.16. The molecule has 12 heavy (non-hydrogen) atoms. The Morgan fingerprint density at radius 3 is 3.00 bits per heavy atom. The summed E-state index contributed by atoms with van der Waals surface area (Å²) in [6.07, 6.45) is 3.72. The molecule has 0 spiro atoms. The second-order valence-electron chi connectivity index (χ2n) is 2.34. The van der Waals surface area contributed by atoms with Crippen molar-refractivity contribution in [3.05, 3.63) is 30.1 Å². The van der Waals surface area contributed by atoms with Gasteiger partial charge in [-0.2, -0.15) is 0 Å². The first-order chi connectivity index (χ1) is 5.42. The van der Waals surface area contributed by atoms with E-state index in [0.29, 0.717) is 0 Å². The zero-order chi connectivity index (χ0) is 7.68. The number of aromatic amines is 1. The van der Waals surface area contributed by atoms with Gasteiger partial charge in [0, 0.05) is 23.1 Å². The minimum atomic E-state index is 0. The van der Waals surface area contributed by atoms with Crippen LogP contribution in [0, 0.1) is 0 Å². The minimum absolute atomic E-state index is 0. The number of hydrogen-bond donors (Lipinski definition) is 1. The van der Waals surface area contributed by atoms with Crippen molar-refractivity contribution >= 4 is 43.9 Å². The molecule has 4 heteroatoms. The molecule has 0 atom stereocenters. The van der Waals surface area contributed by atoms with E-state index >= 15 is 0 Å². The van der Waals surface area contributed by atoms with Crippen LogP contribution in [0.3, 0.4) is 0 Å². The molecule has 0 saturated carbocycles. The third-order valence-electron chi connectivity index (χ3n) is 1.69. The Bertz CT molecular complexity index is 370. The van der Waals surface area contributed by atoms with Gasteiger partial charge in [-0.25, -0.2) is 4.98 Å². The predicted molar refractivity (Wildman–Crippen MR) is 59.0 cm³/mol. The van der Waals surface area contributed by atoms with Crippen molar-refractivity contribution in [3.63, 3.8) is 0 Å². The van der Waals surface area contributed by atoms with Crippen molar-refractivity contribution in [2.75, 3.05) is 0 Å². The molecule has 2 heterocycles. The zero-order valence-corrected chi connectivity index (χ0v) is 9.55. The van der Waals surface area contributed by atoms with Crippen LogP contribution in [0.25, 0.3) is 11.0 Å². The van der Waals surface area contributed by atoms with Gasteiger partial charge in [0.15, 0.2) is 0 Å². The number of aromatic nitrogens is 2. The van der Waals surface area contributed by atoms with Crippen LogP contribution in [-0.4, -0.2) is 9.97 Å². The molecule has 0 aliphatic carbocycles. The van der Waals surface area contributed by atoms with Gasteiger partial charge in [-0.1, -0.05) is 15.9 Å². The van der Waals surface area contributed by atoms with E-state index in [9.17, 15) is 0 Å². The summed E-state index contributed by atoms with van der Waals surface area (Å²) < 4.78 is 0. The number of nitrogens with one attached hydrogen (secondary N) is 1. The van der Waals surface area contributed by atoms with Crippen LogP contribution in [0.1, 0.15) is 5.56 Å². The van der Waals surface area contributed by atoms with Crippen molar-refractivity contribution in [1.29, 1.82) is 0 Å². The Morgan fingerprint density at radius 2 is 2.25 bits per heavy atom. The van der Waals surface area contributed by atoms with Crippen LogP contribution in [0.15, 0.2) is 24.5 Å². The Kier molecular flexibility index (Phi) is 3.29. The average molecular weight is 292 g/mol. The third-order valence-corrected chi connectivity index (χ3v) is 2.30. The van der Waals surface area contributed by atoms with Crippen LogP contribution >= 0.6 is 32.9 Å². The maximum absolute atomic E-state index is 4.17. The average Bonchev–Trinajstić information content (AvgIpc) is 2.50. The molecule has 64 valence electrons. The first-order valence-corrected chi connectivity index (χ1v) is 4.51. The van der Waals surface area contributed by atoms with Gasteiger partial charge in [-0.15, -0.1) is 17.0 Å². The number of H-pyrrole nitrogens is 1. The molecule has 2 aromatic heterocycles. The summed E-state index contributed by atoms with van der Waals surface area (Å²) in [6, 6.07) is 4.06. The second-order valence-corrected chi connectivity index (χ2v) is 2.90. The van der Waals surface area contributed by atoms with Gasteiger partial charge in [0.1, 0.15) is 5.65 Å². The summed E-state index contributed by atoms with van der Waals surface area (Å²) in [5, 5.41) is 2.08. The van der Waals surface area contributed by atoms with Gasteiger partial charge < -0.3 is 4.98 Å². The molecule has 0 aliphatic rings. The fraction of sp³-hybridized carbons (Fsp3) is 0.125. The molecule has 0 amide bonds. The van der Waals surface area contributed by atoms with E-state index in [4.69, 9.17) is 0 Å². The molecular weight excluding hydrogens is 284 g/mol. The number of halogens is 2. The van der Waals surface area contributed by atoms with Crippen LogP contribution < -0.4 is 0 Å². The molecule has 0 bridgehead atoms. The maximum Gasteiger partial charge on any atom is 0.137 e. The number of nitrogens with zero attached hydrogens (tertiary/aromatic N) is 1. The van der Waals surface area contributed by atoms with E-state index in [1.54, 1.807) is 0 Å². The maximum atomic E-state index is 4.17. The molecule has 2 aromatic rings. The third kappa shape index (κ3) is 1.54. The molecule has 1 N–H and O–H groups in total. The summed E-state index contributed by atoms with van der Waals surface area (Å²) in [6.45, 7) is 0. The van der Waals surface area contributed by atoms with Gasteiger partial charge >= 0.3 is 0 Å². The summed E-state index contributed by atoms with van der Waals surface area (Å²) in [5.41, 5.74) is 2.23. The molecule has 0 aromatic carbocycles. The van der Waals surface area contributed by atoms with E-state index in [1.807, 2.05) is 24.5 Å². The van der Waals surface area contributed by atoms with Crippen molar-refractivity contribution in [2.24, 2.45) is 0 Å². The van der Waals surface area contributed by atoms with Crippen LogP contribution in [0.4, 0.5) is 0 Å². The van der Waals surface area contributed by atoms with Gasteiger partial charge in [0.2, 0.25) is 0 Å². The van der Waals surface area contributed by atoms with Gasteiger partial charge in [0.05, 0.1) is 0 Å². The monoisotopic (exact) mass is 290 g/mol. The van der Waals surface area contributed by atoms with Crippen LogP contribution in [0.5, 0.6) is 0 Å². The molecular formula is C8H8Br2N2. The van der Waals surface area contributed by atoms with Crippen molar-refractivity contribution in [3.8, 4) is 0 Å². The highest BCUT2D eigenvalue weighted by molar-refractivity contribution is 9.08. The molecule has 0 saturated heterocycles. The number of hydrogen-bond acceptors (Lipinski definition) is 1. The molecule has 2 nitrogen and oxygen atoms in total. The SMILES string of the molecule is Br.BrCc1ccnc2[nH]ccc12.